The van der Waals surface area contributed by atoms with Gasteiger partial charge in [0.1, 0.15) is 12.6 Å². The van der Waals surface area contributed by atoms with Gasteiger partial charge in [-0.25, -0.2) is 4.98 Å². The van der Waals surface area contributed by atoms with Crippen molar-refractivity contribution in [3.05, 3.63) is 23.9 Å². The molecule has 7 nitrogen and oxygen atoms in total. The number of ether oxygens (including phenoxy) is 2. The van der Waals surface area contributed by atoms with E-state index >= 15 is 0 Å². The van der Waals surface area contributed by atoms with E-state index in [9.17, 15) is 9.59 Å². The summed E-state index contributed by atoms with van der Waals surface area (Å²) in [6.07, 6.45) is 2.23. The second kappa shape index (κ2) is 7.92. The largest absolute Gasteiger partial charge is 0.480 e. The van der Waals surface area contributed by atoms with Crippen molar-refractivity contribution in [2.24, 2.45) is 5.92 Å². The molecular weight excluding hydrogens is 300 g/mol. The summed E-state index contributed by atoms with van der Waals surface area (Å²) in [4.78, 5) is 29.0. The maximum Gasteiger partial charge on any atom is 0.323 e. The van der Waals surface area contributed by atoms with E-state index in [0.717, 1.165) is 6.42 Å². The van der Waals surface area contributed by atoms with Gasteiger partial charge in [-0.3, -0.25) is 9.59 Å². The molecule has 2 rings (SSSR count). The van der Waals surface area contributed by atoms with Gasteiger partial charge in [-0.05, 0) is 12.0 Å². The second-order valence-corrected chi connectivity index (χ2v) is 5.96. The van der Waals surface area contributed by atoms with Crippen molar-refractivity contribution >= 4 is 11.9 Å². The molecule has 1 saturated heterocycles. The number of carboxylic acids is 1. The zero-order valence-electron chi connectivity index (χ0n) is 13.4. The first-order chi connectivity index (χ1) is 11.0. The Morgan fingerprint density at radius 3 is 2.91 bits per heavy atom. The molecule has 23 heavy (non-hydrogen) atoms. The molecule has 0 aliphatic carbocycles. The van der Waals surface area contributed by atoms with Gasteiger partial charge in [0.15, 0.2) is 0 Å². The van der Waals surface area contributed by atoms with Crippen molar-refractivity contribution in [3.8, 4) is 5.88 Å². The first kappa shape index (κ1) is 17.2. The Bertz CT molecular complexity index is 555. The molecule has 126 valence electrons. The van der Waals surface area contributed by atoms with Crippen LogP contribution >= 0.6 is 0 Å². The molecule has 1 aliphatic rings. The van der Waals surface area contributed by atoms with Crippen LogP contribution in [-0.4, -0.2) is 59.3 Å². The van der Waals surface area contributed by atoms with Crippen LogP contribution < -0.4 is 4.74 Å². The lowest BCUT2D eigenvalue weighted by Gasteiger charge is -2.23. The monoisotopic (exact) mass is 322 g/mol. The number of carbonyl (C=O) groups excluding carboxylic acids is 1. The Kier molecular flexibility index (Phi) is 5.92. The van der Waals surface area contributed by atoms with E-state index in [-0.39, 0.29) is 24.5 Å². The molecule has 1 amide bonds. The van der Waals surface area contributed by atoms with Crippen molar-refractivity contribution in [1.82, 2.24) is 9.88 Å². The fourth-order valence-corrected chi connectivity index (χ4v) is 2.39. The lowest BCUT2D eigenvalue weighted by molar-refractivity contribution is -0.137. The number of aliphatic carboxylic acids is 1. The smallest absolute Gasteiger partial charge is 0.323 e. The molecule has 0 spiro atoms. The van der Waals surface area contributed by atoms with E-state index in [4.69, 9.17) is 14.6 Å². The zero-order chi connectivity index (χ0) is 16.8. The number of aromatic nitrogens is 1. The van der Waals surface area contributed by atoms with Crippen LogP contribution in [0.5, 0.6) is 5.88 Å². The fraction of sp³-hybridized carbons (Fsp3) is 0.562. The highest BCUT2D eigenvalue weighted by molar-refractivity contribution is 5.96. The second-order valence-electron chi connectivity index (χ2n) is 5.96. The summed E-state index contributed by atoms with van der Waals surface area (Å²) in [7, 11) is 0. The summed E-state index contributed by atoms with van der Waals surface area (Å²) in [5.41, 5.74) is 0.371. The molecule has 1 aromatic heterocycles. The highest BCUT2D eigenvalue weighted by Gasteiger charge is 2.22. The average molecular weight is 322 g/mol. The molecule has 7 heteroatoms. The van der Waals surface area contributed by atoms with Crippen molar-refractivity contribution in [2.45, 2.75) is 26.4 Å². The first-order valence-corrected chi connectivity index (χ1v) is 7.67. The third-order valence-corrected chi connectivity index (χ3v) is 3.36. The van der Waals surface area contributed by atoms with Crippen molar-refractivity contribution < 1.29 is 24.2 Å². The minimum absolute atomic E-state index is 0.0568. The van der Waals surface area contributed by atoms with Crippen LogP contribution in [0.3, 0.4) is 0 Å². The molecule has 0 radical (unpaired) electrons. The third-order valence-electron chi connectivity index (χ3n) is 3.36. The van der Waals surface area contributed by atoms with Crippen LogP contribution in [0.15, 0.2) is 18.3 Å². The Morgan fingerprint density at radius 2 is 2.30 bits per heavy atom. The van der Waals surface area contributed by atoms with Gasteiger partial charge >= 0.3 is 5.97 Å². The number of hydrogen-bond acceptors (Lipinski definition) is 5. The number of pyridine rings is 1. The van der Waals surface area contributed by atoms with Crippen LogP contribution in [0.2, 0.25) is 0 Å². The standard InChI is InChI=1S/C16H22N2O5/c1-11(2)8-18(9-15(19)20)16(21)12-3-5-17-14(7-12)23-13-4-6-22-10-13/h3,5,7,11,13H,4,6,8-10H2,1-2H3,(H,19,20). The van der Waals surface area contributed by atoms with Crippen LogP contribution in [0.25, 0.3) is 0 Å². The summed E-state index contributed by atoms with van der Waals surface area (Å²) >= 11 is 0. The van der Waals surface area contributed by atoms with Gasteiger partial charge in [0.05, 0.1) is 13.2 Å². The Balaban J connectivity index is 2.10. The molecule has 1 fully saturated rings. The number of hydrogen-bond donors (Lipinski definition) is 1. The van der Waals surface area contributed by atoms with Gasteiger partial charge in [-0.2, -0.15) is 0 Å². The average Bonchev–Trinajstić information content (AvgIpc) is 2.98. The van der Waals surface area contributed by atoms with E-state index in [1.54, 1.807) is 12.1 Å². The van der Waals surface area contributed by atoms with Crippen LogP contribution in [0.1, 0.15) is 30.6 Å². The van der Waals surface area contributed by atoms with Gasteiger partial charge in [-0.15, -0.1) is 0 Å². The molecule has 2 heterocycles. The number of carbonyl (C=O) groups is 2. The predicted molar refractivity (Wildman–Crippen MR) is 82.5 cm³/mol. The number of nitrogens with zero attached hydrogens (tertiary/aromatic N) is 2. The SMILES string of the molecule is CC(C)CN(CC(=O)O)C(=O)c1ccnc(OC2CCOC2)c1. The summed E-state index contributed by atoms with van der Waals surface area (Å²) in [5.74, 6) is -0.846. The maximum absolute atomic E-state index is 12.6. The first-order valence-electron chi connectivity index (χ1n) is 7.67. The predicted octanol–water partition coefficient (Wildman–Crippen LogP) is 1.43. The molecular formula is C16H22N2O5. The molecule has 0 aromatic carbocycles. The summed E-state index contributed by atoms with van der Waals surface area (Å²) < 4.78 is 10.9. The summed E-state index contributed by atoms with van der Waals surface area (Å²) in [6.45, 7) is 5.08. The lowest BCUT2D eigenvalue weighted by Crippen LogP contribution is -2.38. The maximum atomic E-state index is 12.6. The van der Waals surface area contributed by atoms with Crippen LogP contribution in [0.4, 0.5) is 0 Å². The number of carboxylic acid groups (broad SMARTS) is 1. The lowest BCUT2D eigenvalue weighted by atomic mass is 10.1. The van der Waals surface area contributed by atoms with Gasteiger partial charge in [0.2, 0.25) is 5.88 Å². The van der Waals surface area contributed by atoms with Crippen molar-refractivity contribution in [3.63, 3.8) is 0 Å². The van der Waals surface area contributed by atoms with Crippen molar-refractivity contribution in [1.29, 1.82) is 0 Å². The quantitative estimate of drug-likeness (QED) is 0.817. The topological polar surface area (TPSA) is 89.0 Å². The van der Waals surface area contributed by atoms with E-state index in [1.807, 2.05) is 13.8 Å². The van der Waals surface area contributed by atoms with E-state index < -0.39 is 5.97 Å². The molecule has 0 saturated carbocycles. The highest BCUT2D eigenvalue weighted by Crippen LogP contribution is 2.17. The summed E-state index contributed by atoms with van der Waals surface area (Å²) in [5, 5.41) is 8.99. The normalized spacial score (nSPS) is 17.3. The Labute approximate surface area is 135 Å². The number of amides is 1. The van der Waals surface area contributed by atoms with Gasteiger partial charge < -0.3 is 19.5 Å². The Hall–Kier alpha value is -2.15. The van der Waals surface area contributed by atoms with E-state index in [1.165, 1.54) is 11.1 Å². The van der Waals surface area contributed by atoms with Gasteiger partial charge in [0, 0.05) is 30.8 Å². The molecule has 0 bridgehead atoms. The van der Waals surface area contributed by atoms with E-state index in [2.05, 4.69) is 4.98 Å². The molecule has 1 aliphatic heterocycles. The van der Waals surface area contributed by atoms with Crippen molar-refractivity contribution in [2.75, 3.05) is 26.3 Å². The van der Waals surface area contributed by atoms with Crippen LogP contribution in [-0.2, 0) is 9.53 Å². The molecule has 1 aromatic rings. The highest BCUT2D eigenvalue weighted by atomic mass is 16.5. The summed E-state index contributed by atoms with van der Waals surface area (Å²) in [6, 6.07) is 3.12. The Morgan fingerprint density at radius 1 is 1.52 bits per heavy atom. The zero-order valence-corrected chi connectivity index (χ0v) is 13.4. The fourth-order valence-electron chi connectivity index (χ4n) is 2.39. The molecule has 1 N–H and O–H groups in total. The minimum Gasteiger partial charge on any atom is -0.480 e. The molecule has 1 unspecified atom stereocenters. The third kappa shape index (κ3) is 5.21. The van der Waals surface area contributed by atoms with Gasteiger partial charge in [-0.1, -0.05) is 13.8 Å². The number of rotatable bonds is 7. The van der Waals surface area contributed by atoms with E-state index in [0.29, 0.717) is 31.2 Å². The molecule has 1 atom stereocenters. The minimum atomic E-state index is -1.03. The van der Waals surface area contributed by atoms with Crippen LogP contribution in [0, 0.1) is 5.92 Å². The van der Waals surface area contributed by atoms with Gasteiger partial charge in [0.25, 0.3) is 5.91 Å².